The van der Waals surface area contributed by atoms with Gasteiger partial charge in [0.2, 0.25) is 0 Å². The monoisotopic (exact) mass is 1510 g/mol. The molecule has 566 valence electrons. The highest BCUT2D eigenvalue weighted by Crippen LogP contribution is 2.56. The van der Waals surface area contributed by atoms with Gasteiger partial charge in [0.25, 0.3) is 0 Å². The summed E-state index contributed by atoms with van der Waals surface area (Å²) < 4.78 is 0. The molecule has 112 heavy (non-hydrogen) atoms. The quantitative estimate of drug-likeness (QED) is 0.0452. The third kappa shape index (κ3) is 16.2. The van der Waals surface area contributed by atoms with Crippen molar-refractivity contribution >= 4 is 95.5 Å². The van der Waals surface area contributed by atoms with E-state index >= 15 is 0 Å². The zero-order valence-electron chi connectivity index (χ0n) is 68.3. The molecule has 13 aromatic rings. The molecule has 4 aliphatic rings. The molecule has 0 amide bonds. The number of nitrogens with zero attached hydrogens (tertiary/aromatic N) is 2. The first-order valence-corrected chi connectivity index (χ1v) is 53.6. The predicted octanol–water partition coefficient (Wildman–Crippen LogP) is 30.8. The average molecular weight is 1510 g/mol. The minimum absolute atomic E-state index is 0.495. The van der Waals surface area contributed by atoms with Crippen molar-refractivity contribution in [3.63, 3.8) is 0 Å². The second-order valence-electron chi connectivity index (χ2n) is 37.1. The molecule has 5 heteroatoms. The molecule has 0 bridgehead atoms. The van der Waals surface area contributed by atoms with Crippen LogP contribution >= 0.6 is 0 Å². The van der Waals surface area contributed by atoms with E-state index in [0.29, 0.717) is 23.7 Å². The number of anilines is 6. The fourth-order valence-electron chi connectivity index (χ4n) is 19.6. The summed E-state index contributed by atoms with van der Waals surface area (Å²) in [6, 6.07) is 110. The van der Waals surface area contributed by atoms with Crippen LogP contribution in [0.2, 0.25) is 58.9 Å². The van der Waals surface area contributed by atoms with Gasteiger partial charge in [-0.15, -0.1) is 0 Å². The molecule has 0 atom stereocenters. The zero-order valence-corrected chi connectivity index (χ0v) is 71.3. The molecule has 4 fully saturated rings. The third-order valence-corrected chi connectivity index (χ3v) is 32.4. The Hall–Kier alpha value is -9.37. The molecule has 0 N–H and O–H groups in total. The van der Waals surface area contributed by atoms with Crippen LogP contribution < -0.4 is 25.4 Å². The highest BCUT2D eigenvalue weighted by molar-refractivity contribution is 6.89. The molecule has 0 radical (unpaired) electrons. The van der Waals surface area contributed by atoms with Crippen molar-refractivity contribution in [3.05, 3.63) is 295 Å². The molecule has 4 saturated carbocycles. The molecular formula is C107H116N2Si3. The van der Waals surface area contributed by atoms with Gasteiger partial charge >= 0.3 is 0 Å². The van der Waals surface area contributed by atoms with Crippen molar-refractivity contribution < 1.29 is 0 Å². The highest BCUT2D eigenvalue weighted by Gasteiger charge is 2.33. The van der Waals surface area contributed by atoms with Crippen LogP contribution in [0.3, 0.4) is 0 Å². The van der Waals surface area contributed by atoms with Crippen molar-refractivity contribution in [2.45, 2.75) is 211 Å². The molecular weight excluding hydrogens is 1400 g/mol. The topological polar surface area (TPSA) is 6.48 Å². The van der Waals surface area contributed by atoms with E-state index in [1.54, 1.807) is 0 Å². The predicted molar refractivity (Wildman–Crippen MR) is 496 cm³/mol. The van der Waals surface area contributed by atoms with E-state index in [1.165, 1.54) is 289 Å². The van der Waals surface area contributed by atoms with E-state index in [4.69, 9.17) is 0 Å². The largest absolute Gasteiger partial charge is 0.309 e. The summed E-state index contributed by atoms with van der Waals surface area (Å²) in [7, 11) is -4.90. The maximum Gasteiger partial charge on any atom is 0.0775 e. The Morgan fingerprint density at radius 2 is 0.429 bits per heavy atom. The number of fused-ring (bicyclic) bond motifs is 2. The fraction of sp³-hybridized carbons (Fsp3) is 0.308. The van der Waals surface area contributed by atoms with Gasteiger partial charge in [0, 0.05) is 44.3 Å². The Balaban J connectivity index is 1.04. The lowest BCUT2D eigenvalue weighted by Crippen LogP contribution is -2.37. The molecule has 0 spiro atoms. The standard InChI is InChI=1S/C107H116N2Si3/c1-110(2,3)99-53-45-82(46-54-99)92-63-91(81-43-29-16-30-44-81)69-97(70-92)108(95-65-87(77-35-21-12-22-36-77)61-88(66-95)78-37-23-13-24-38-78)106-102-59-51-86(76-33-19-11-20-34-76)74-105(102)107(103-60-52-85(73-104(103)106)75-31-17-10-18-32-75)109(96-67-89(79-39-25-14-26-40-79)62-90(68-96)80-41-27-15-28-42-80)98-71-93(83-47-55-100(56-48-83)111(4,5)6)64-94(72-98)84-49-57-101(58-50-84)112(7,8)9/h10-11,16-20,29-34,43-74,77-80H,12-15,21-28,35-42H2,1-9H3. The van der Waals surface area contributed by atoms with E-state index in [-0.39, 0.29) is 0 Å². The van der Waals surface area contributed by atoms with Gasteiger partial charge in [-0.25, -0.2) is 0 Å². The van der Waals surface area contributed by atoms with Crippen LogP contribution in [-0.2, 0) is 0 Å². The first-order chi connectivity index (χ1) is 54.4. The summed E-state index contributed by atoms with van der Waals surface area (Å²) in [6.45, 7) is 22.3. The van der Waals surface area contributed by atoms with E-state index in [2.05, 4.69) is 342 Å². The van der Waals surface area contributed by atoms with E-state index in [9.17, 15) is 0 Å². The van der Waals surface area contributed by atoms with Crippen LogP contribution in [0.25, 0.3) is 88.3 Å². The summed E-state index contributed by atoms with van der Waals surface area (Å²) >= 11 is 0. The minimum atomic E-state index is -1.64. The maximum absolute atomic E-state index is 2.83. The third-order valence-electron chi connectivity index (χ3n) is 26.2. The van der Waals surface area contributed by atoms with E-state index < -0.39 is 24.2 Å². The van der Waals surface area contributed by atoms with Gasteiger partial charge in [-0.3, -0.25) is 0 Å². The zero-order chi connectivity index (χ0) is 76.7. The molecule has 0 aliphatic heterocycles. The molecule has 0 saturated heterocycles. The summed E-state index contributed by atoms with van der Waals surface area (Å²) in [6.07, 6.45) is 25.3. The maximum atomic E-state index is 2.83. The Labute approximate surface area is 673 Å². The number of hydrogen-bond donors (Lipinski definition) is 0. The first kappa shape index (κ1) is 75.3. The van der Waals surface area contributed by atoms with Gasteiger partial charge in [0.1, 0.15) is 0 Å². The molecule has 2 nitrogen and oxygen atoms in total. The number of rotatable bonds is 19. The second kappa shape index (κ2) is 32.3. The summed E-state index contributed by atoms with van der Waals surface area (Å²) in [5.74, 6) is 1.98. The summed E-state index contributed by atoms with van der Waals surface area (Å²) in [5.41, 5.74) is 28.0. The summed E-state index contributed by atoms with van der Waals surface area (Å²) in [4.78, 5) is 5.65. The van der Waals surface area contributed by atoms with E-state index in [1.807, 2.05) is 0 Å². The van der Waals surface area contributed by atoms with Crippen molar-refractivity contribution in [1.29, 1.82) is 0 Å². The molecule has 4 aliphatic carbocycles. The Morgan fingerprint density at radius 1 is 0.196 bits per heavy atom. The van der Waals surface area contributed by atoms with Gasteiger partial charge in [-0.1, -0.05) is 352 Å². The fourth-order valence-corrected chi connectivity index (χ4v) is 23.1. The molecule has 0 unspecified atom stereocenters. The Bertz CT molecular complexity index is 5320. The van der Waals surface area contributed by atoms with Crippen molar-refractivity contribution in [1.82, 2.24) is 0 Å². The van der Waals surface area contributed by atoms with Crippen molar-refractivity contribution in [2.75, 3.05) is 9.80 Å². The van der Waals surface area contributed by atoms with Crippen LogP contribution in [0.1, 0.15) is 174 Å². The molecule has 0 heterocycles. The Morgan fingerprint density at radius 3 is 0.688 bits per heavy atom. The smallest absolute Gasteiger partial charge is 0.0775 e. The lowest BCUT2D eigenvalue weighted by molar-refractivity contribution is 0.435. The van der Waals surface area contributed by atoms with Crippen LogP contribution in [0.15, 0.2) is 273 Å². The first-order valence-electron chi connectivity index (χ1n) is 43.1. The number of benzene rings is 13. The van der Waals surface area contributed by atoms with Crippen LogP contribution in [0.5, 0.6) is 0 Å². The average Bonchev–Trinajstić information content (AvgIpc) is 0.710. The lowest BCUT2D eigenvalue weighted by atomic mass is 9.79. The minimum Gasteiger partial charge on any atom is -0.309 e. The van der Waals surface area contributed by atoms with Gasteiger partial charge in [0.15, 0.2) is 0 Å². The van der Waals surface area contributed by atoms with E-state index in [0.717, 1.165) is 0 Å². The van der Waals surface area contributed by atoms with Gasteiger partial charge in [0.05, 0.1) is 35.6 Å². The van der Waals surface area contributed by atoms with Gasteiger partial charge in [-0.05, 0) is 237 Å². The van der Waals surface area contributed by atoms with Crippen molar-refractivity contribution in [3.8, 4) is 66.8 Å². The number of hydrogen-bond acceptors (Lipinski definition) is 2. The van der Waals surface area contributed by atoms with Crippen molar-refractivity contribution in [2.24, 2.45) is 0 Å². The molecule has 17 rings (SSSR count). The lowest BCUT2D eigenvalue weighted by Gasteiger charge is -2.36. The highest BCUT2D eigenvalue weighted by atomic mass is 28.3. The molecule has 0 aromatic heterocycles. The SMILES string of the molecule is C[Si](C)(C)c1ccc(-c2cc(-c3ccccc3)cc(N(c3cc(C4CCCCC4)cc(C4CCCCC4)c3)c3c4ccc(-c5ccccc5)cc4c(N(c4cc(-c5ccc([Si](C)(C)C)cc5)cc(-c5ccc([Si](C)(C)C)cc5)c4)c4cc(C5CCCCC5)cc(C5CCCCC5)c4)c4ccc(-c5ccccc5)cc34)c2)cc1. The van der Waals surface area contributed by atoms with Crippen LogP contribution in [-0.4, -0.2) is 24.2 Å². The van der Waals surface area contributed by atoms with Crippen LogP contribution in [0.4, 0.5) is 34.1 Å². The second-order valence-corrected chi connectivity index (χ2v) is 52.3. The van der Waals surface area contributed by atoms with Gasteiger partial charge < -0.3 is 9.80 Å². The molecule has 13 aromatic carbocycles. The summed E-state index contributed by atoms with van der Waals surface area (Å²) in [5, 5.41) is 9.34. The Kier molecular flexibility index (Phi) is 21.7. The van der Waals surface area contributed by atoms with Gasteiger partial charge in [-0.2, -0.15) is 0 Å². The van der Waals surface area contributed by atoms with Crippen LogP contribution in [0, 0.1) is 0 Å². The normalized spacial score (nSPS) is 15.9.